The second-order valence-corrected chi connectivity index (χ2v) is 6.26. The van der Waals surface area contributed by atoms with Crippen LogP contribution < -0.4 is 10.1 Å². The maximum atomic E-state index is 13.9. The van der Waals surface area contributed by atoms with Gasteiger partial charge in [0.25, 0.3) is 0 Å². The number of rotatable bonds is 3. The summed E-state index contributed by atoms with van der Waals surface area (Å²) in [4.78, 5) is 4.00. The van der Waals surface area contributed by atoms with Crippen molar-refractivity contribution in [3.05, 3.63) is 48.5 Å². The molecule has 1 aromatic carbocycles. The molecule has 0 spiro atoms. The van der Waals surface area contributed by atoms with Crippen molar-refractivity contribution in [3.63, 3.8) is 0 Å². The molecule has 4 heteroatoms. The highest BCUT2D eigenvalue weighted by atomic mass is 19.1. The zero-order valence-electron chi connectivity index (χ0n) is 12.3. The number of aromatic nitrogens is 1. The summed E-state index contributed by atoms with van der Waals surface area (Å²) in [6, 6.07) is 9.83. The number of benzene rings is 1. The van der Waals surface area contributed by atoms with Crippen LogP contribution in [0.1, 0.15) is 25.7 Å². The van der Waals surface area contributed by atoms with E-state index in [9.17, 15) is 4.39 Å². The van der Waals surface area contributed by atoms with Gasteiger partial charge in [0.2, 0.25) is 0 Å². The van der Waals surface area contributed by atoms with Crippen LogP contribution in [0.15, 0.2) is 42.7 Å². The summed E-state index contributed by atoms with van der Waals surface area (Å²) in [5, 5.41) is 3.59. The summed E-state index contributed by atoms with van der Waals surface area (Å²) in [6.45, 7) is 0. The third kappa shape index (κ3) is 2.83. The highest BCUT2D eigenvalue weighted by Gasteiger charge is 2.34. The number of hydrogen-bond donors (Lipinski definition) is 1. The van der Waals surface area contributed by atoms with Gasteiger partial charge in [-0.1, -0.05) is 0 Å². The quantitative estimate of drug-likeness (QED) is 0.941. The summed E-state index contributed by atoms with van der Waals surface area (Å²) in [5.74, 6) is 0.360. The number of ether oxygens (including phenoxy) is 1. The number of fused-ring (bicyclic) bond motifs is 2. The van der Waals surface area contributed by atoms with E-state index in [1.165, 1.54) is 25.0 Å². The first kappa shape index (κ1) is 13.7. The lowest BCUT2D eigenvalue weighted by Gasteiger charge is -2.29. The molecule has 2 bridgehead atoms. The Balaban J connectivity index is 1.56. The number of pyridine rings is 1. The highest BCUT2D eigenvalue weighted by molar-refractivity contribution is 5.64. The fourth-order valence-corrected chi connectivity index (χ4v) is 3.64. The Morgan fingerprint density at radius 2 is 1.73 bits per heavy atom. The first-order valence-electron chi connectivity index (χ1n) is 7.90. The normalized spacial score (nSPS) is 26.9. The molecule has 0 aliphatic carbocycles. The largest absolute Gasteiger partial charge is 0.490 e. The highest BCUT2D eigenvalue weighted by Crippen LogP contribution is 2.31. The van der Waals surface area contributed by atoms with Crippen LogP contribution in [0.5, 0.6) is 5.75 Å². The molecule has 22 heavy (non-hydrogen) atoms. The molecule has 3 atom stereocenters. The van der Waals surface area contributed by atoms with Crippen molar-refractivity contribution in [3.8, 4) is 16.9 Å². The number of nitrogens with zero attached hydrogens (tertiary/aromatic N) is 1. The smallest absolute Gasteiger partial charge is 0.127 e. The van der Waals surface area contributed by atoms with Crippen LogP contribution in [0.25, 0.3) is 11.1 Å². The number of hydrogen-bond acceptors (Lipinski definition) is 3. The van der Waals surface area contributed by atoms with Crippen LogP contribution >= 0.6 is 0 Å². The second kappa shape index (κ2) is 5.69. The average molecular weight is 298 g/mol. The summed E-state index contributed by atoms with van der Waals surface area (Å²) in [6.07, 6.45) is 8.10. The van der Waals surface area contributed by atoms with Crippen molar-refractivity contribution in [2.75, 3.05) is 0 Å². The minimum Gasteiger partial charge on any atom is -0.490 e. The molecule has 1 unspecified atom stereocenters. The predicted molar refractivity (Wildman–Crippen MR) is 83.2 cm³/mol. The summed E-state index contributed by atoms with van der Waals surface area (Å²) < 4.78 is 20.0. The van der Waals surface area contributed by atoms with E-state index >= 15 is 0 Å². The molecule has 2 aromatic rings. The molecule has 3 heterocycles. The Kier molecular flexibility index (Phi) is 3.54. The van der Waals surface area contributed by atoms with Gasteiger partial charge in [-0.25, -0.2) is 4.39 Å². The molecule has 0 radical (unpaired) electrons. The van der Waals surface area contributed by atoms with Crippen LogP contribution in [-0.4, -0.2) is 23.2 Å². The van der Waals surface area contributed by atoms with Crippen LogP contribution in [0, 0.1) is 5.82 Å². The van der Waals surface area contributed by atoms with Gasteiger partial charge in [-0.15, -0.1) is 0 Å². The first-order valence-corrected chi connectivity index (χ1v) is 7.90. The van der Waals surface area contributed by atoms with Crippen LogP contribution in [0.2, 0.25) is 0 Å². The van der Waals surface area contributed by atoms with Gasteiger partial charge in [0, 0.05) is 30.5 Å². The lowest BCUT2D eigenvalue weighted by atomic mass is 10.0. The van der Waals surface area contributed by atoms with Gasteiger partial charge in [0.1, 0.15) is 17.7 Å². The third-order valence-electron chi connectivity index (χ3n) is 4.62. The van der Waals surface area contributed by atoms with Gasteiger partial charge in [0.15, 0.2) is 0 Å². The molecule has 0 saturated carbocycles. The summed E-state index contributed by atoms with van der Waals surface area (Å²) in [7, 11) is 0. The number of halogens is 1. The molecule has 2 aliphatic rings. The Morgan fingerprint density at radius 1 is 1.00 bits per heavy atom. The summed E-state index contributed by atoms with van der Waals surface area (Å²) >= 11 is 0. The Hall–Kier alpha value is -1.94. The van der Waals surface area contributed by atoms with Gasteiger partial charge in [0.05, 0.1) is 0 Å². The second-order valence-electron chi connectivity index (χ2n) is 6.26. The number of nitrogens with one attached hydrogen (secondary N) is 1. The molecule has 1 N–H and O–H groups in total. The maximum absolute atomic E-state index is 13.9. The third-order valence-corrected chi connectivity index (χ3v) is 4.62. The van der Waals surface area contributed by atoms with Crippen molar-refractivity contribution in [1.29, 1.82) is 0 Å². The van der Waals surface area contributed by atoms with Crippen LogP contribution in [0.3, 0.4) is 0 Å². The molecule has 2 saturated heterocycles. The van der Waals surface area contributed by atoms with E-state index in [1.807, 2.05) is 18.2 Å². The first-order chi connectivity index (χ1) is 10.8. The zero-order valence-corrected chi connectivity index (χ0v) is 12.3. The van der Waals surface area contributed by atoms with Gasteiger partial charge < -0.3 is 10.1 Å². The van der Waals surface area contributed by atoms with E-state index in [2.05, 4.69) is 10.3 Å². The van der Waals surface area contributed by atoms with E-state index < -0.39 is 0 Å². The molecule has 3 nitrogen and oxygen atoms in total. The SMILES string of the molecule is Fc1cc(OC2C[C@H]3CC[C@@H](C2)N3)cc(-c2ccncc2)c1. The molecular weight excluding hydrogens is 279 g/mol. The zero-order chi connectivity index (χ0) is 14.9. The van der Waals surface area contributed by atoms with E-state index in [-0.39, 0.29) is 11.9 Å². The van der Waals surface area contributed by atoms with Crippen molar-refractivity contribution in [2.45, 2.75) is 43.9 Å². The lowest BCUT2D eigenvalue weighted by molar-refractivity contribution is 0.137. The molecule has 0 amide bonds. The van der Waals surface area contributed by atoms with Gasteiger partial charge in [-0.05, 0) is 61.1 Å². The van der Waals surface area contributed by atoms with E-state index in [4.69, 9.17) is 4.74 Å². The van der Waals surface area contributed by atoms with Gasteiger partial charge in [-0.2, -0.15) is 0 Å². The fraction of sp³-hybridized carbons (Fsp3) is 0.389. The topological polar surface area (TPSA) is 34.1 Å². The minimum absolute atomic E-state index is 0.186. The van der Waals surface area contributed by atoms with Crippen molar-refractivity contribution in [2.24, 2.45) is 0 Å². The fourth-order valence-electron chi connectivity index (χ4n) is 3.64. The number of piperidine rings is 1. The molecule has 4 rings (SSSR count). The Bertz CT molecular complexity index is 649. The van der Waals surface area contributed by atoms with Gasteiger partial charge >= 0.3 is 0 Å². The predicted octanol–water partition coefficient (Wildman–Crippen LogP) is 3.55. The lowest BCUT2D eigenvalue weighted by Crippen LogP contribution is -2.42. The van der Waals surface area contributed by atoms with Crippen molar-refractivity contribution < 1.29 is 9.13 Å². The van der Waals surface area contributed by atoms with Crippen LogP contribution in [0.4, 0.5) is 4.39 Å². The molecule has 114 valence electrons. The monoisotopic (exact) mass is 298 g/mol. The molecule has 1 aromatic heterocycles. The Labute approximate surface area is 129 Å². The van der Waals surface area contributed by atoms with E-state index in [1.54, 1.807) is 12.4 Å². The van der Waals surface area contributed by atoms with E-state index in [0.717, 1.165) is 24.0 Å². The standard InChI is InChI=1S/C18H19FN2O/c19-14-7-13(12-3-5-20-6-4-12)8-17(9-14)22-18-10-15-1-2-16(11-18)21-15/h3-9,15-16,18,21H,1-2,10-11H2/t15-,16+,18?. The van der Waals surface area contributed by atoms with Gasteiger partial charge in [-0.3, -0.25) is 4.98 Å². The van der Waals surface area contributed by atoms with Crippen molar-refractivity contribution in [1.82, 2.24) is 10.3 Å². The Morgan fingerprint density at radius 3 is 2.45 bits per heavy atom. The summed E-state index contributed by atoms with van der Waals surface area (Å²) in [5.41, 5.74) is 1.78. The molecule has 2 aliphatic heterocycles. The average Bonchev–Trinajstić information content (AvgIpc) is 2.86. The molecule has 2 fully saturated rings. The van der Waals surface area contributed by atoms with E-state index in [0.29, 0.717) is 17.8 Å². The minimum atomic E-state index is -0.263. The molecular formula is C18H19FN2O. The van der Waals surface area contributed by atoms with Crippen molar-refractivity contribution >= 4 is 0 Å². The maximum Gasteiger partial charge on any atom is 0.127 e. The van der Waals surface area contributed by atoms with Crippen LogP contribution in [-0.2, 0) is 0 Å².